The second-order valence-corrected chi connectivity index (χ2v) is 7.99. The third-order valence-electron chi connectivity index (χ3n) is 5.12. The molecule has 1 atom stereocenters. The number of benzene rings is 1. The molecule has 4 rings (SSSR count). The standard InChI is InChI=1S/C20H23N5OS/c1-13-11-14(2)25-19(21-13)22-20(23-25)27-12-18(26)24(3)17-10-6-8-15-7-4-5-9-16(15)17/h4-5,7,9,11,17H,6,8,10,12H2,1-3H3. The van der Waals surface area contributed by atoms with E-state index in [0.717, 1.165) is 30.7 Å². The number of hydrogen-bond acceptors (Lipinski definition) is 5. The molecule has 1 unspecified atom stereocenters. The fourth-order valence-corrected chi connectivity index (χ4v) is 4.48. The van der Waals surface area contributed by atoms with Gasteiger partial charge in [-0.05, 0) is 50.3 Å². The van der Waals surface area contributed by atoms with E-state index in [2.05, 4.69) is 39.3 Å². The van der Waals surface area contributed by atoms with Crippen molar-refractivity contribution in [2.45, 2.75) is 44.3 Å². The van der Waals surface area contributed by atoms with Gasteiger partial charge in [-0.15, -0.1) is 5.10 Å². The molecule has 0 N–H and O–H groups in total. The Hall–Kier alpha value is -2.41. The molecule has 0 spiro atoms. The fourth-order valence-electron chi connectivity index (χ4n) is 3.74. The predicted octanol–water partition coefficient (Wildman–Crippen LogP) is 3.37. The van der Waals surface area contributed by atoms with Crippen LogP contribution < -0.4 is 0 Å². The summed E-state index contributed by atoms with van der Waals surface area (Å²) in [5.74, 6) is 1.00. The third-order valence-corrected chi connectivity index (χ3v) is 5.94. The Bertz CT molecular complexity index is 999. The first-order valence-corrected chi connectivity index (χ1v) is 10.2. The summed E-state index contributed by atoms with van der Waals surface area (Å²) in [6.45, 7) is 3.92. The Morgan fingerprint density at radius 2 is 2.11 bits per heavy atom. The summed E-state index contributed by atoms with van der Waals surface area (Å²) < 4.78 is 1.72. The number of thioether (sulfide) groups is 1. The zero-order chi connectivity index (χ0) is 19.0. The van der Waals surface area contributed by atoms with Crippen molar-refractivity contribution in [3.05, 3.63) is 52.8 Å². The largest absolute Gasteiger partial charge is 0.338 e. The Balaban J connectivity index is 1.46. The zero-order valence-electron chi connectivity index (χ0n) is 15.8. The molecule has 2 aromatic heterocycles. The summed E-state index contributed by atoms with van der Waals surface area (Å²) in [5.41, 5.74) is 4.54. The smallest absolute Gasteiger partial charge is 0.253 e. The van der Waals surface area contributed by atoms with Gasteiger partial charge in [0.1, 0.15) is 0 Å². The maximum absolute atomic E-state index is 12.8. The molecule has 3 aromatic rings. The molecule has 0 fully saturated rings. The van der Waals surface area contributed by atoms with Gasteiger partial charge in [-0.3, -0.25) is 4.79 Å². The molecular formula is C20H23N5OS. The molecule has 1 aliphatic rings. The van der Waals surface area contributed by atoms with E-state index in [1.54, 1.807) is 4.52 Å². The zero-order valence-corrected chi connectivity index (χ0v) is 16.7. The number of hydrogen-bond donors (Lipinski definition) is 0. The quantitative estimate of drug-likeness (QED) is 0.649. The lowest BCUT2D eigenvalue weighted by Crippen LogP contribution is -2.34. The topological polar surface area (TPSA) is 63.4 Å². The number of carbonyl (C=O) groups is 1. The molecule has 0 aliphatic heterocycles. The molecule has 1 aliphatic carbocycles. The highest BCUT2D eigenvalue weighted by molar-refractivity contribution is 7.99. The van der Waals surface area contributed by atoms with Crippen molar-refractivity contribution < 1.29 is 4.79 Å². The monoisotopic (exact) mass is 381 g/mol. The van der Waals surface area contributed by atoms with Gasteiger partial charge in [-0.2, -0.15) is 4.98 Å². The number of aryl methyl sites for hydroxylation is 3. The van der Waals surface area contributed by atoms with Crippen LogP contribution in [0.15, 0.2) is 35.5 Å². The molecular weight excluding hydrogens is 358 g/mol. The van der Waals surface area contributed by atoms with E-state index in [1.807, 2.05) is 31.9 Å². The van der Waals surface area contributed by atoms with Gasteiger partial charge in [0, 0.05) is 18.4 Å². The summed E-state index contributed by atoms with van der Waals surface area (Å²) in [7, 11) is 1.90. The van der Waals surface area contributed by atoms with Crippen LogP contribution in [0, 0.1) is 13.8 Å². The van der Waals surface area contributed by atoms with Gasteiger partial charge < -0.3 is 4.90 Å². The molecule has 0 saturated heterocycles. The van der Waals surface area contributed by atoms with E-state index in [0.29, 0.717) is 16.7 Å². The lowest BCUT2D eigenvalue weighted by atomic mass is 9.87. The fraction of sp³-hybridized carbons (Fsp3) is 0.400. The SMILES string of the molecule is Cc1cc(C)n2nc(SCC(=O)N(C)C3CCCc4ccccc43)nc2n1. The minimum Gasteiger partial charge on any atom is -0.338 e. The Kier molecular flexibility index (Phi) is 4.86. The van der Waals surface area contributed by atoms with Gasteiger partial charge in [-0.25, -0.2) is 9.50 Å². The Morgan fingerprint density at radius 3 is 2.96 bits per heavy atom. The van der Waals surface area contributed by atoms with Crippen molar-refractivity contribution in [2.24, 2.45) is 0 Å². The number of aromatic nitrogens is 4. The van der Waals surface area contributed by atoms with Crippen LogP contribution in [-0.4, -0.2) is 43.2 Å². The van der Waals surface area contributed by atoms with Crippen molar-refractivity contribution in [1.29, 1.82) is 0 Å². The molecule has 140 valence electrons. The summed E-state index contributed by atoms with van der Waals surface area (Å²) >= 11 is 1.37. The average Bonchev–Trinajstić information content (AvgIpc) is 3.08. The molecule has 0 radical (unpaired) electrons. The van der Waals surface area contributed by atoms with Gasteiger partial charge in [0.2, 0.25) is 11.1 Å². The number of amides is 1. The number of carbonyl (C=O) groups excluding carboxylic acids is 1. The van der Waals surface area contributed by atoms with Crippen LogP contribution in [0.2, 0.25) is 0 Å². The van der Waals surface area contributed by atoms with Crippen LogP contribution in [0.1, 0.15) is 41.4 Å². The first-order valence-electron chi connectivity index (χ1n) is 9.20. The maximum Gasteiger partial charge on any atom is 0.253 e. The summed E-state index contributed by atoms with van der Waals surface area (Å²) in [6.07, 6.45) is 3.23. The van der Waals surface area contributed by atoms with Crippen LogP contribution in [0.4, 0.5) is 0 Å². The van der Waals surface area contributed by atoms with Crippen LogP contribution in [0.5, 0.6) is 0 Å². The van der Waals surface area contributed by atoms with Gasteiger partial charge in [-0.1, -0.05) is 36.0 Å². The predicted molar refractivity (Wildman–Crippen MR) is 106 cm³/mol. The van der Waals surface area contributed by atoms with E-state index in [-0.39, 0.29) is 11.9 Å². The average molecular weight is 382 g/mol. The summed E-state index contributed by atoms with van der Waals surface area (Å²) in [6, 6.07) is 10.6. The Labute approximate surface area is 163 Å². The van der Waals surface area contributed by atoms with Crippen LogP contribution in [0.25, 0.3) is 5.78 Å². The lowest BCUT2D eigenvalue weighted by Gasteiger charge is -2.33. The maximum atomic E-state index is 12.8. The molecule has 6 nitrogen and oxygen atoms in total. The molecule has 0 saturated carbocycles. The summed E-state index contributed by atoms with van der Waals surface area (Å²) in [5, 5.41) is 5.05. The van der Waals surface area contributed by atoms with Crippen LogP contribution in [0.3, 0.4) is 0 Å². The van der Waals surface area contributed by atoms with Gasteiger partial charge >= 0.3 is 0 Å². The van der Waals surface area contributed by atoms with Crippen LogP contribution >= 0.6 is 11.8 Å². The van der Waals surface area contributed by atoms with Crippen molar-refractivity contribution in [2.75, 3.05) is 12.8 Å². The lowest BCUT2D eigenvalue weighted by molar-refractivity contribution is -0.129. The van der Waals surface area contributed by atoms with Crippen molar-refractivity contribution >= 4 is 23.4 Å². The van der Waals surface area contributed by atoms with E-state index in [9.17, 15) is 4.79 Å². The number of rotatable bonds is 4. The Morgan fingerprint density at radius 1 is 1.30 bits per heavy atom. The molecule has 7 heteroatoms. The summed E-state index contributed by atoms with van der Waals surface area (Å²) in [4.78, 5) is 23.5. The van der Waals surface area contributed by atoms with Crippen molar-refractivity contribution in [1.82, 2.24) is 24.5 Å². The van der Waals surface area contributed by atoms with Crippen molar-refractivity contribution in [3.63, 3.8) is 0 Å². The first-order chi connectivity index (χ1) is 13.0. The molecule has 1 amide bonds. The normalized spacial score (nSPS) is 16.3. The van der Waals surface area contributed by atoms with Gasteiger partial charge in [0.05, 0.1) is 11.8 Å². The molecule has 2 heterocycles. The van der Waals surface area contributed by atoms with E-state index >= 15 is 0 Å². The third kappa shape index (κ3) is 3.56. The minimum atomic E-state index is 0.0985. The van der Waals surface area contributed by atoms with E-state index in [1.165, 1.54) is 22.9 Å². The number of nitrogens with zero attached hydrogens (tertiary/aromatic N) is 5. The highest BCUT2D eigenvalue weighted by Crippen LogP contribution is 2.33. The second kappa shape index (κ2) is 7.31. The first kappa shape index (κ1) is 18.0. The van der Waals surface area contributed by atoms with E-state index < -0.39 is 0 Å². The molecule has 0 bridgehead atoms. The number of fused-ring (bicyclic) bond motifs is 2. The van der Waals surface area contributed by atoms with E-state index in [4.69, 9.17) is 0 Å². The molecule has 1 aromatic carbocycles. The minimum absolute atomic E-state index is 0.0985. The van der Waals surface area contributed by atoms with Gasteiger partial charge in [0.25, 0.3) is 5.78 Å². The highest BCUT2D eigenvalue weighted by atomic mass is 32.2. The second-order valence-electron chi connectivity index (χ2n) is 7.05. The van der Waals surface area contributed by atoms with Crippen LogP contribution in [-0.2, 0) is 11.2 Å². The van der Waals surface area contributed by atoms with Crippen molar-refractivity contribution in [3.8, 4) is 0 Å². The molecule has 27 heavy (non-hydrogen) atoms. The highest BCUT2D eigenvalue weighted by Gasteiger charge is 2.26. The van der Waals surface area contributed by atoms with Gasteiger partial charge in [0.15, 0.2) is 0 Å².